The second-order valence-corrected chi connectivity index (χ2v) is 2.49. The maximum Gasteiger partial charge on any atom is 0.134 e. The second kappa shape index (κ2) is 3.21. The van der Waals surface area contributed by atoms with Gasteiger partial charge in [0.1, 0.15) is 5.82 Å². The summed E-state index contributed by atoms with van der Waals surface area (Å²) in [6.45, 7) is 1.69. The van der Waals surface area contributed by atoms with Crippen molar-refractivity contribution in [2.45, 2.75) is 6.92 Å². The fourth-order valence-electron chi connectivity index (χ4n) is 1.08. The predicted molar refractivity (Wildman–Crippen MR) is 50.7 cm³/mol. The van der Waals surface area contributed by atoms with E-state index < -0.39 is 0 Å². The SMILES string of the molecule is CNc1ccnc(N)c1C(C)=N. The molecule has 12 heavy (non-hydrogen) atoms. The lowest BCUT2D eigenvalue weighted by molar-refractivity contribution is 1.30. The number of rotatable bonds is 2. The molecule has 0 atom stereocenters. The molecular weight excluding hydrogens is 152 g/mol. The predicted octanol–water partition coefficient (Wildman–Crippen LogP) is 1.09. The summed E-state index contributed by atoms with van der Waals surface area (Å²) in [5.74, 6) is 0.398. The summed E-state index contributed by atoms with van der Waals surface area (Å²) in [6.07, 6.45) is 1.62. The van der Waals surface area contributed by atoms with Crippen LogP contribution in [-0.4, -0.2) is 17.7 Å². The maximum atomic E-state index is 7.46. The van der Waals surface area contributed by atoms with E-state index in [4.69, 9.17) is 11.1 Å². The van der Waals surface area contributed by atoms with Gasteiger partial charge in [0.15, 0.2) is 0 Å². The molecule has 0 bridgehead atoms. The van der Waals surface area contributed by atoms with Crippen molar-refractivity contribution >= 4 is 17.2 Å². The highest BCUT2D eigenvalue weighted by molar-refractivity contribution is 6.05. The smallest absolute Gasteiger partial charge is 0.134 e. The third-order valence-electron chi connectivity index (χ3n) is 1.62. The highest BCUT2D eigenvalue weighted by Gasteiger charge is 2.07. The van der Waals surface area contributed by atoms with E-state index in [1.165, 1.54) is 0 Å². The molecule has 1 heterocycles. The molecule has 4 nitrogen and oxygen atoms in total. The lowest BCUT2D eigenvalue weighted by Gasteiger charge is -2.08. The molecule has 0 saturated carbocycles. The minimum Gasteiger partial charge on any atom is -0.387 e. The van der Waals surface area contributed by atoms with Crippen LogP contribution in [-0.2, 0) is 0 Å². The van der Waals surface area contributed by atoms with Gasteiger partial charge in [0.05, 0.1) is 5.56 Å². The Bertz CT molecular complexity index is 306. The number of pyridine rings is 1. The van der Waals surface area contributed by atoms with Crippen LogP contribution in [0.15, 0.2) is 12.3 Å². The summed E-state index contributed by atoms with van der Waals surface area (Å²) in [6, 6.07) is 1.80. The van der Waals surface area contributed by atoms with Crippen molar-refractivity contribution in [3.63, 3.8) is 0 Å². The molecule has 0 amide bonds. The van der Waals surface area contributed by atoms with Gasteiger partial charge in [-0.15, -0.1) is 0 Å². The highest BCUT2D eigenvalue weighted by Crippen LogP contribution is 2.19. The molecule has 0 aliphatic heterocycles. The van der Waals surface area contributed by atoms with Crippen LogP contribution in [0.25, 0.3) is 0 Å². The standard InChI is InChI=1S/C8H12N4/c1-5(9)7-6(11-2)3-4-12-8(7)10/h3-4,9H,1-2H3,(H3,10,11,12). The Labute approximate surface area is 71.3 Å². The van der Waals surface area contributed by atoms with Crippen LogP contribution < -0.4 is 11.1 Å². The van der Waals surface area contributed by atoms with Crippen LogP contribution in [0, 0.1) is 5.41 Å². The van der Waals surface area contributed by atoms with Gasteiger partial charge in [-0.25, -0.2) is 4.98 Å². The molecule has 4 N–H and O–H groups in total. The maximum absolute atomic E-state index is 7.46. The lowest BCUT2D eigenvalue weighted by atomic mass is 10.1. The Morgan fingerprint density at radius 2 is 2.33 bits per heavy atom. The molecule has 0 radical (unpaired) electrons. The van der Waals surface area contributed by atoms with Crippen molar-refractivity contribution in [1.82, 2.24) is 4.98 Å². The molecule has 1 aromatic rings. The van der Waals surface area contributed by atoms with Gasteiger partial charge < -0.3 is 16.5 Å². The zero-order valence-electron chi connectivity index (χ0n) is 7.18. The average Bonchev–Trinajstić information content (AvgIpc) is 2.03. The zero-order chi connectivity index (χ0) is 9.14. The van der Waals surface area contributed by atoms with E-state index in [-0.39, 0.29) is 0 Å². The third kappa shape index (κ3) is 1.37. The molecule has 1 rings (SSSR count). The molecule has 0 aliphatic rings. The van der Waals surface area contributed by atoms with E-state index in [2.05, 4.69) is 10.3 Å². The van der Waals surface area contributed by atoms with Crippen molar-refractivity contribution in [2.24, 2.45) is 0 Å². The van der Waals surface area contributed by atoms with Gasteiger partial charge in [0, 0.05) is 24.6 Å². The number of nitrogens with zero attached hydrogens (tertiary/aromatic N) is 1. The molecule has 4 heteroatoms. The fraction of sp³-hybridized carbons (Fsp3) is 0.250. The van der Waals surface area contributed by atoms with Crippen LogP contribution in [0.5, 0.6) is 0 Å². The fourth-order valence-corrected chi connectivity index (χ4v) is 1.08. The van der Waals surface area contributed by atoms with Gasteiger partial charge in [-0.1, -0.05) is 0 Å². The normalized spacial score (nSPS) is 9.50. The summed E-state index contributed by atoms with van der Waals surface area (Å²) in [5, 5.41) is 10.4. The van der Waals surface area contributed by atoms with Crippen LogP contribution in [0.4, 0.5) is 11.5 Å². The van der Waals surface area contributed by atoms with Crippen molar-refractivity contribution in [3.8, 4) is 0 Å². The van der Waals surface area contributed by atoms with Gasteiger partial charge in [0.2, 0.25) is 0 Å². The topological polar surface area (TPSA) is 74.8 Å². The Hall–Kier alpha value is -1.58. The van der Waals surface area contributed by atoms with Crippen LogP contribution in [0.2, 0.25) is 0 Å². The molecule has 1 aromatic heterocycles. The number of anilines is 2. The quantitative estimate of drug-likeness (QED) is 0.573. The summed E-state index contributed by atoms with van der Waals surface area (Å²) in [4.78, 5) is 3.91. The number of nitrogens with two attached hydrogens (primary N) is 1. The minimum atomic E-state index is 0.398. The van der Waals surface area contributed by atoms with E-state index >= 15 is 0 Å². The molecule has 0 saturated heterocycles. The van der Waals surface area contributed by atoms with Crippen LogP contribution in [0.1, 0.15) is 12.5 Å². The minimum absolute atomic E-state index is 0.398. The summed E-state index contributed by atoms with van der Waals surface area (Å²) >= 11 is 0. The lowest BCUT2D eigenvalue weighted by Crippen LogP contribution is -2.06. The first kappa shape index (κ1) is 8.52. The van der Waals surface area contributed by atoms with E-state index in [0.717, 1.165) is 5.69 Å². The number of hydrogen-bond acceptors (Lipinski definition) is 4. The summed E-state index contributed by atoms with van der Waals surface area (Å²) in [7, 11) is 1.79. The van der Waals surface area contributed by atoms with Gasteiger partial charge in [0.25, 0.3) is 0 Å². The van der Waals surface area contributed by atoms with Gasteiger partial charge in [-0.05, 0) is 13.0 Å². The van der Waals surface area contributed by atoms with Gasteiger partial charge >= 0.3 is 0 Å². The molecule has 0 aliphatic carbocycles. The van der Waals surface area contributed by atoms with Crippen molar-refractivity contribution < 1.29 is 0 Å². The Morgan fingerprint density at radius 3 is 2.75 bits per heavy atom. The zero-order valence-corrected chi connectivity index (χ0v) is 7.18. The van der Waals surface area contributed by atoms with Crippen molar-refractivity contribution in [2.75, 3.05) is 18.1 Å². The van der Waals surface area contributed by atoms with E-state index in [0.29, 0.717) is 17.1 Å². The Kier molecular flexibility index (Phi) is 2.28. The van der Waals surface area contributed by atoms with Gasteiger partial charge in [-0.3, -0.25) is 0 Å². The average molecular weight is 164 g/mol. The largest absolute Gasteiger partial charge is 0.387 e. The molecule has 0 aromatic carbocycles. The number of nitrogens with one attached hydrogen (secondary N) is 2. The Morgan fingerprint density at radius 1 is 1.67 bits per heavy atom. The van der Waals surface area contributed by atoms with E-state index in [1.807, 2.05) is 0 Å². The van der Waals surface area contributed by atoms with Crippen LogP contribution >= 0.6 is 0 Å². The third-order valence-corrected chi connectivity index (χ3v) is 1.62. The first-order valence-corrected chi connectivity index (χ1v) is 3.64. The summed E-state index contributed by atoms with van der Waals surface area (Å²) in [5.41, 5.74) is 7.55. The first-order chi connectivity index (χ1) is 5.66. The number of hydrogen-bond donors (Lipinski definition) is 3. The van der Waals surface area contributed by atoms with E-state index in [9.17, 15) is 0 Å². The summed E-state index contributed by atoms with van der Waals surface area (Å²) < 4.78 is 0. The van der Waals surface area contributed by atoms with E-state index in [1.54, 1.807) is 26.2 Å². The molecular formula is C8H12N4. The second-order valence-electron chi connectivity index (χ2n) is 2.49. The molecule has 0 fully saturated rings. The number of aromatic nitrogens is 1. The highest BCUT2D eigenvalue weighted by atomic mass is 14.9. The monoisotopic (exact) mass is 164 g/mol. The number of nitrogen functional groups attached to an aromatic ring is 1. The molecule has 64 valence electrons. The van der Waals surface area contributed by atoms with Gasteiger partial charge in [-0.2, -0.15) is 0 Å². The first-order valence-electron chi connectivity index (χ1n) is 3.64. The van der Waals surface area contributed by atoms with Crippen molar-refractivity contribution in [3.05, 3.63) is 17.8 Å². The molecule has 0 spiro atoms. The molecule has 0 unspecified atom stereocenters. The van der Waals surface area contributed by atoms with Crippen molar-refractivity contribution in [1.29, 1.82) is 5.41 Å². The van der Waals surface area contributed by atoms with Crippen LogP contribution in [0.3, 0.4) is 0 Å². The Balaban J connectivity index is 3.29.